The molecule has 0 atom stereocenters. The smallest absolute Gasteiger partial charge is 0.343 e. The van der Waals surface area contributed by atoms with E-state index in [1.54, 1.807) is 6.92 Å². The highest BCUT2D eigenvalue weighted by Gasteiger charge is 2.27. The van der Waals surface area contributed by atoms with Gasteiger partial charge in [0, 0.05) is 5.92 Å². The molecule has 1 rings (SSSR count). The van der Waals surface area contributed by atoms with Crippen molar-refractivity contribution < 1.29 is 14.1 Å². The number of hydrogen-bond acceptors (Lipinski definition) is 4. The van der Waals surface area contributed by atoms with Crippen molar-refractivity contribution in [3.05, 3.63) is 17.0 Å². The molecular weight excluding hydrogens is 206 g/mol. The highest BCUT2D eigenvalue weighted by molar-refractivity contribution is 5.92. The van der Waals surface area contributed by atoms with Crippen LogP contribution in [0.25, 0.3) is 0 Å². The lowest BCUT2D eigenvalue weighted by Crippen LogP contribution is -2.10. The summed E-state index contributed by atoms with van der Waals surface area (Å²) in [6, 6.07) is 0. The van der Waals surface area contributed by atoms with Crippen LogP contribution in [-0.4, -0.2) is 17.7 Å². The Morgan fingerprint density at radius 3 is 2.38 bits per heavy atom. The molecule has 0 saturated heterocycles. The fourth-order valence-electron chi connectivity index (χ4n) is 1.51. The zero-order valence-electron chi connectivity index (χ0n) is 10.5. The van der Waals surface area contributed by atoms with Gasteiger partial charge in [-0.3, -0.25) is 0 Å². The standard InChI is InChI=1S/C12H19NO3/c1-6-15-12(14)9-10(7(2)3)13-16-11(9)8(4)5/h7-8H,6H2,1-5H3. The second-order valence-corrected chi connectivity index (χ2v) is 4.34. The number of nitrogens with zero attached hydrogens (tertiary/aromatic N) is 1. The van der Waals surface area contributed by atoms with Crippen molar-refractivity contribution in [2.45, 2.75) is 46.5 Å². The zero-order chi connectivity index (χ0) is 12.3. The first-order valence-corrected chi connectivity index (χ1v) is 5.65. The van der Waals surface area contributed by atoms with Crippen LogP contribution in [0.1, 0.15) is 68.3 Å². The van der Waals surface area contributed by atoms with Gasteiger partial charge in [0.1, 0.15) is 11.3 Å². The van der Waals surface area contributed by atoms with Gasteiger partial charge in [0.2, 0.25) is 0 Å². The third-order valence-corrected chi connectivity index (χ3v) is 2.30. The molecule has 0 bridgehead atoms. The van der Waals surface area contributed by atoms with Gasteiger partial charge >= 0.3 is 5.97 Å². The molecule has 0 N–H and O–H groups in total. The molecule has 0 aliphatic heterocycles. The third kappa shape index (κ3) is 2.43. The van der Waals surface area contributed by atoms with Gasteiger partial charge < -0.3 is 9.26 Å². The molecule has 1 aromatic heterocycles. The second kappa shape index (κ2) is 5.14. The quantitative estimate of drug-likeness (QED) is 0.739. The van der Waals surface area contributed by atoms with E-state index in [0.717, 1.165) is 0 Å². The first-order valence-electron chi connectivity index (χ1n) is 5.65. The Kier molecular flexibility index (Phi) is 4.10. The van der Waals surface area contributed by atoms with Crippen molar-refractivity contribution in [2.24, 2.45) is 0 Å². The minimum atomic E-state index is -0.337. The number of carbonyl (C=O) groups excluding carboxylic acids is 1. The fourth-order valence-corrected chi connectivity index (χ4v) is 1.51. The molecule has 90 valence electrons. The first-order chi connectivity index (χ1) is 7.49. The van der Waals surface area contributed by atoms with Gasteiger partial charge in [0.25, 0.3) is 0 Å². The lowest BCUT2D eigenvalue weighted by atomic mass is 9.99. The molecule has 0 aromatic carbocycles. The first kappa shape index (κ1) is 12.7. The number of ether oxygens (including phenoxy) is 1. The molecule has 0 fully saturated rings. The van der Waals surface area contributed by atoms with Gasteiger partial charge in [-0.25, -0.2) is 4.79 Å². The number of rotatable bonds is 4. The molecule has 4 heteroatoms. The second-order valence-electron chi connectivity index (χ2n) is 4.34. The summed E-state index contributed by atoms with van der Waals surface area (Å²) in [6.45, 7) is 10.0. The van der Waals surface area contributed by atoms with E-state index in [1.807, 2.05) is 27.7 Å². The summed E-state index contributed by atoms with van der Waals surface area (Å²) in [5.41, 5.74) is 1.19. The highest BCUT2D eigenvalue weighted by atomic mass is 16.5. The van der Waals surface area contributed by atoms with E-state index in [1.165, 1.54) is 0 Å². The van der Waals surface area contributed by atoms with Gasteiger partial charge in [-0.05, 0) is 12.8 Å². The van der Waals surface area contributed by atoms with Crippen molar-refractivity contribution in [1.82, 2.24) is 5.16 Å². The summed E-state index contributed by atoms with van der Waals surface area (Å²) >= 11 is 0. The van der Waals surface area contributed by atoms with Crippen molar-refractivity contribution in [1.29, 1.82) is 0 Å². The SMILES string of the molecule is CCOC(=O)c1c(C(C)C)noc1C(C)C. The van der Waals surface area contributed by atoms with E-state index < -0.39 is 0 Å². The van der Waals surface area contributed by atoms with Gasteiger partial charge in [-0.1, -0.05) is 32.9 Å². The molecule has 16 heavy (non-hydrogen) atoms. The lowest BCUT2D eigenvalue weighted by molar-refractivity contribution is 0.0521. The Hall–Kier alpha value is -1.32. The molecular formula is C12H19NO3. The number of carbonyl (C=O) groups is 1. The number of esters is 1. The maximum atomic E-state index is 11.8. The summed E-state index contributed by atoms with van der Waals surface area (Å²) in [4.78, 5) is 11.8. The van der Waals surface area contributed by atoms with E-state index in [4.69, 9.17) is 9.26 Å². The van der Waals surface area contributed by atoms with Gasteiger partial charge in [-0.15, -0.1) is 0 Å². The lowest BCUT2D eigenvalue weighted by Gasteiger charge is -2.07. The van der Waals surface area contributed by atoms with E-state index in [9.17, 15) is 4.79 Å². The monoisotopic (exact) mass is 225 g/mol. The van der Waals surface area contributed by atoms with E-state index >= 15 is 0 Å². The average molecular weight is 225 g/mol. The van der Waals surface area contributed by atoms with Crippen LogP contribution in [-0.2, 0) is 4.74 Å². The van der Waals surface area contributed by atoms with Crippen LogP contribution < -0.4 is 0 Å². The van der Waals surface area contributed by atoms with Crippen molar-refractivity contribution in [2.75, 3.05) is 6.61 Å². The Morgan fingerprint density at radius 1 is 1.31 bits per heavy atom. The molecule has 4 nitrogen and oxygen atoms in total. The normalized spacial score (nSPS) is 11.2. The van der Waals surface area contributed by atoms with Crippen LogP contribution in [0.15, 0.2) is 4.52 Å². The van der Waals surface area contributed by atoms with Crippen molar-refractivity contribution in [3.63, 3.8) is 0 Å². The minimum Gasteiger partial charge on any atom is -0.462 e. The molecule has 0 saturated carbocycles. The molecule has 0 radical (unpaired) electrons. The zero-order valence-corrected chi connectivity index (χ0v) is 10.5. The largest absolute Gasteiger partial charge is 0.462 e. The van der Waals surface area contributed by atoms with Crippen molar-refractivity contribution >= 4 is 5.97 Å². The molecule has 0 spiro atoms. The maximum absolute atomic E-state index is 11.8. The number of hydrogen-bond donors (Lipinski definition) is 0. The van der Waals surface area contributed by atoms with Crippen LogP contribution in [0.4, 0.5) is 0 Å². The maximum Gasteiger partial charge on any atom is 0.343 e. The average Bonchev–Trinajstić information content (AvgIpc) is 2.61. The van der Waals surface area contributed by atoms with Crippen LogP contribution >= 0.6 is 0 Å². The van der Waals surface area contributed by atoms with E-state index in [0.29, 0.717) is 23.6 Å². The van der Waals surface area contributed by atoms with Gasteiger partial charge in [0.05, 0.1) is 6.61 Å². The molecule has 1 heterocycles. The predicted octanol–water partition coefficient (Wildman–Crippen LogP) is 3.10. The Labute approximate surface area is 96.0 Å². The van der Waals surface area contributed by atoms with Gasteiger partial charge in [0.15, 0.2) is 5.76 Å². The van der Waals surface area contributed by atoms with Gasteiger partial charge in [-0.2, -0.15) is 0 Å². The minimum absolute atomic E-state index is 0.124. The highest BCUT2D eigenvalue weighted by Crippen LogP contribution is 2.27. The molecule has 0 aliphatic rings. The summed E-state index contributed by atoms with van der Waals surface area (Å²) in [5, 5.41) is 3.96. The van der Waals surface area contributed by atoms with Crippen LogP contribution in [0.3, 0.4) is 0 Å². The van der Waals surface area contributed by atoms with Crippen molar-refractivity contribution in [3.8, 4) is 0 Å². The predicted molar refractivity (Wildman–Crippen MR) is 60.6 cm³/mol. The summed E-state index contributed by atoms with van der Waals surface area (Å²) in [6.07, 6.45) is 0. The summed E-state index contributed by atoms with van der Waals surface area (Å²) in [5.74, 6) is 0.549. The van der Waals surface area contributed by atoms with Crippen LogP contribution in [0, 0.1) is 0 Å². The van der Waals surface area contributed by atoms with Crippen LogP contribution in [0.5, 0.6) is 0 Å². The summed E-state index contributed by atoms with van der Waals surface area (Å²) < 4.78 is 10.3. The van der Waals surface area contributed by atoms with E-state index in [2.05, 4.69) is 5.16 Å². The van der Waals surface area contributed by atoms with E-state index in [-0.39, 0.29) is 17.8 Å². The summed E-state index contributed by atoms with van der Waals surface area (Å²) in [7, 11) is 0. The Morgan fingerprint density at radius 2 is 1.94 bits per heavy atom. The Bertz CT molecular complexity index is 341. The van der Waals surface area contributed by atoms with Crippen LogP contribution in [0.2, 0.25) is 0 Å². The third-order valence-electron chi connectivity index (χ3n) is 2.30. The molecule has 1 aromatic rings. The molecule has 0 unspecified atom stereocenters. The number of aromatic nitrogens is 1. The Balaban J connectivity index is 3.18. The molecule has 0 aliphatic carbocycles. The fraction of sp³-hybridized carbons (Fsp3) is 0.667. The topological polar surface area (TPSA) is 52.3 Å². The molecule has 0 amide bonds.